The van der Waals surface area contributed by atoms with Crippen LogP contribution in [0.25, 0.3) is 0 Å². The second kappa shape index (κ2) is 9.32. The Bertz CT molecular complexity index is 897. The van der Waals surface area contributed by atoms with Gasteiger partial charge in [0.2, 0.25) is 5.91 Å². The van der Waals surface area contributed by atoms with Gasteiger partial charge in [0.1, 0.15) is 5.75 Å². The van der Waals surface area contributed by atoms with Crippen molar-refractivity contribution in [2.45, 2.75) is 26.3 Å². The maximum absolute atomic E-state index is 12.5. The van der Waals surface area contributed by atoms with Crippen LogP contribution in [-0.2, 0) is 22.6 Å². The lowest BCUT2D eigenvalue weighted by atomic mass is 10.0. The topological polar surface area (TPSA) is 77.1 Å². The van der Waals surface area contributed by atoms with Gasteiger partial charge >= 0.3 is 0 Å². The lowest BCUT2D eigenvalue weighted by molar-refractivity contribution is -0.132. The molecule has 1 aliphatic rings. The summed E-state index contributed by atoms with van der Waals surface area (Å²) in [5.74, 6) is 1.82. The Hall–Kier alpha value is -3.22. The van der Waals surface area contributed by atoms with E-state index in [0.29, 0.717) is 43.2 Å². The van der Waals surface area contributed by atoms with Crippen molar-refractivity contribution in [3.63, 3.8) is 0 Å². The van der Waals surface area contributed by atoms with Crippen LogP contribution in [-0.4, -0.2) is 44.1 Å². The molecule has 2 aromatic rings. The molecular weight excluding hydrogens is 372 g/mol. The second-order valence-electron chi connectivity index (χ2n) is 6.82. The molecule has 2 amide bonds. The van der Waals surface area contributed by atoms with E-state index in [1.807, 2.05) is 37.3 Å². The first-order valence-corrected chi connectivity index (χ1v) is 9.59. The molecule has 29 heavy (non-hydrogen) atoms. The van der Waals surface area contributed by atoms with Crippen LogP contribution in [0.3, 0.4) is 0 Å². The number of hydrogen-bond acceptors (Lipinski definition) is 5. The standard InChI is InChI=1S/C22H26N2O5/c1-4-28-19-9-5-15(11-20(19)27-3)13-24(2)22(26)14-29-17-7-8-18-16(12-17)6-10-21(25)23-18/h5,7-9,11-12H,4,6,10,13-14H2,1-3H3,(H,23,25). The average Bonchev–Trinajstić information content (AvgIpc) is 2.73. The quantitative estimate of drug-likeness (QED) is 0.740. The number of nitrogens with one attached hydrogen (secondary N) is 1. The molecule has 1 N–H and O–H groups in total. The molecule has 7 heteroatoms. The molecule has 0 saturated heterocycles. The Kier molecular flexibility index (Phi) is 6.59. The highest BCUT2D eigenvalue weighted by atomic mass is 16.5. The lowest BCUT2D eigenvalue weighted by Gasteiger charge is -2.20. The van der Waals surface area contributed by atoms with E-state index < -0.39 is 0 Å². The summed E-state index contributed by atoms with van der Waals surface area (Å²) < 4.78 is 16.5. The van der Waals surface area contributed by atoms with E-state index in [0.717, 1.165) is 16.8 Å². The van der Waals surface area contributed by atoms with Gasteiger partial charge in [-0.1, -0.05) is 6.07 Å². The average molecular weight is 398 g/mol. The number of carbonyl (C=O) groups is 2. The molecule has 0 atom stereocenters. The van der Waals surface area contributed by atoms with Crippen molar-refractivity contribution in [1.82, 2.24) is 4.90 Å². The number of hydrogen-bond donors (Lipinski definition) is 1. The number of methoxy groups -OCH3 is 1. The Morgan fingerprint density at radius 1 is 1.10 bits per heavy atom. The van der Waals surface area contributed by atoms with Gasteiger partial charge in [-0.3, -0.25) is 9.59 Å². The van der Waals surface area contributed by atoms with E-state index in [1.165, 1.54) is 0 Å². The smallest absolute Gasteiger partial charge is 0.260 e. The molecule has 2 aromatic carbocycles. The first kappa shape index (κ1) is 20.5. The molecule has 0 bridgehead atoms. The number of likely N-dealkylation sites (N-methyl/N-ethyl adjacent to an activating group) is 1. The number of nitrogens with zero attached hydrogens (tertiary/aromatic N) is 1. The Morgan fingerprint density at radius 2 is 1.93 bits per heavy atom. The van der Waals surface area contributed by atoms with Crippen molar-refractivity contribution in [3.8, 4) is 17.2 Å². The van der Waals surface area contributed by atoms with Gasteiger partial charge in [0, 0.05) is 25.7 Å². The van der Waals surface area contributed by atoms with Gasteiger partial charge in [-0.05, 0) is 54.8 Å². The fourth-order valence-corrected chi connectivity index (χ4v) is 3.15. The van der Waals surface area contributed by atoms with E-state index in [2.05, 4.69) is 5.32 Å². The molecule has 0 aromatic heterocycles. The molecular formula is C22H26N2O5. The number of anilines is 1. The van der Waals surface area contributed by atoms with Gasteiger partial charge in [-0.2, -0.15) is 0 Å². The molecule has 154 valence electrons. The number of carbonyl (C=O) groups excluding carboxylic acids is 2. The Balaban J connectivity index is 1.56. The normalized spacial score (nSPS) is 12.6. The maximum atomic E-state index is 12.5. The van der Waals surface area contributed by atoms with Gasteiger partial charge in [-0.25, -0.2) is 0 Å². The Morgan fingerprint density at radius 3 is 2.69 bits per heavy atom. The zero-order valence-electron chi connectivity index (χ0n) is 17.0. The van der Waals surface area contributed by atoms with Crippen LogP contribution in [0.15, 0.2) is 36.4 Å². The highest BCUT2D eigenvalue weighted by molar-refractivity contribution is 5.94. The summed E-state index contributed by atoms with van der Waals surface area (Å²) in [4.78, 5) is 25.5. The number of benzene rings is 2. The van der Waals surface area contributed by atoms with Gasteiger partial charge < -0.3 is 24.4 Å². The van der Waals surface area contributed by atoms with Gasteiger partial charge in [0.25, 0.3) is 5.91 Å². The minimum Gasteiger partial charge on any atom is -0.493 e. The summed E-state index contributed by atoms with van der Waals surface area (Å²) >= 11 is 0. The Labute approximate surface area is 170 Å². The predicted molar refractivity (Wildman–Crippen MR) is 110 cm³/mol. The van der Waals surface area contributed by atoms with Crippen LogP contribution in [0.4, 0.5) is 5.69 Å². The molecule has 0 unspecified atom stereocenters. The third kappa shape index (κ3) is 5.19. The van der Waals surface area contributed by atoms with Crippen molar-refractivity contribution >= 4 is 17.5 Å². The number of fused-ring (bicyclic) bond motifs is 1. The minimum atomic E-state index is -0.135. The maximum Gasteiger partial charge on any atom is 0.260 e. The van der Waals surface area contributed by atoms with Crippen LogP contribution in [0.1, 0.15) is 24.5 Å². The van der Waals surface area contributed by atoms with Crippen molar-refractivity contribution in [3.05, 3.63) is 47.5 Å². The summed E-state index contributed by atoms with van der Waals surface area (Å²) in [6.07, 6.45) is 1.13. The summed E-state index contributed by atoms with van der Waals surface area (Å²) in [6, 6.07) is 11.1. The van der Waals surface area contributed by atoms with Crippen LogP contribution < -0.4 is 19.5 Å². The number of ether oxygens (including phenoxy) is 3. The molecule has 1 heterocycles. The van der Waals surface area contributed by atoms with Crippen LogP contribution >= 0.6 is 0 Å². The van der Waals surface area contributed by atoms with Gasteiger partial charge in [0.15, 0.2) is 18.1 Å². The summed E-state index contributed by atoms with van der Waals surface area (Å²) in [6.45, 7) is 2.84. The number of amides is 2. The summed E-state index contributed by atoms with van der Waals surface area (Å²) in [7, 11) is 3.32. The molecule has 1 aliphatic heterocycles. The highest BCUT2D eigenvalue weighted by Crippen LogP contribution is 2.29. The fraction of sp³-hybridized carbons (Fsp3) is 0.364. The minimum absolute atomic E-state index is 0.0221. The highest BCUT2D eigenvalue weighted by Gasteiger charge is 2.16. The van der Waals surface area contributed by atoms with Gasteiger partial charge in [0.05, 0.1) is 13.7 Å². The van der Waals surface area contributed by atoms with Crippen molar-refractivity contribution in [1.29, 1.82) is 0 Å². The van der Waals surface area contributed by atoms with Crippen LogP contribution in [0.2, 0.25) is 0 Å². The third-order valence-corrected chi connectivity index (χ3v) is 4.71. The first-order chi connectivity index (χ1) is 14.0. The van der Waals surface area contributed by atoms with Crippen molar-refractivity contribution < 1.29 is 23.8 Å². The fourth-order valence-electron chi connectivity index (χ4n) is 3.15. The van der Waals surface area contributed by atoms with Crippen LogP contribution in [0, 0.1) is 0 Å². The van der Waals surface area contributed by atoms with Gasteiger partial charge in [-0.15, -0.1) is 0 Å². The van der Waals surface area contributed by atoms with Crippen molar-refractivity contribution in [2.24, 2.45) is 0 Å². The summed E-state index contributed by atoms with van der Waals surface area (Å²) in [5.41, 5.74) is 2.76. The molecule has 0 spiro atoms. The molecule has 0 saturated carbocycles. The molecule has 7 nitrogen and oxygen atoms in total. The van der Waals surface area contributed by atoms with E-state index >= 15 is 0 Å². The third-order valence-electron chi connectivity index (χ3n) is 4.71. The SMILES string of the molecule is CCOc1ccc(CN(C)C(=O)COc2ccc3c(c2)CCC(=O)N3)cc1OC. The predicted octanol–water partition coefficient (Wildman–Crippen LogP) is 3.02. The lowest BCUT2D eigenvalue weighted by Crippen LogP contribution is -2.31. The number of aryl methyl sites for hydroxylation is 1. The molecule has 0 fully saturated rings. The molecule has 0 aliphatic carbocycles. The van der Waals surface area contributed by atoms with E-state index in [4.69, 9.17) is 14.2 Å². The first-order valence-electron chi connectivity index (χ1n) is 9.59. The monoisotopic (exact) mass is 398 g/mol. The van der Waals surface area contributed by atoms with Crippen LogP contribution in [0.5, 0.6) is 17.2 Å². The van der Waals surface area contributed by atoms with E-state index in [-0.39, 0.29) is 18.4 Å². The summed E-state index contributed by atoms with van der Waals surface area (Å²) in [5, 5.41) is 2.83. The van der Waals surface area contributed by atoms with Crippen molar-refractivity contribution in [2.75, 3.05) is 32.7 Å². The van der Waals surface area contributed by atoms with E-state index in [1.54, 1.807) is 25.1 Å². The zero-order chi connectivity index (χ0) is 20.8. The zero-order valence-corrected chi connectivity index (χ0v) is 17.0. The molecule has 0 radical (unpaired) electrons. The number of rotatable bonds is 8. The second-order valence-corrected chi connectivity index (χ2v) is 6.82. The van der Waals surface area contributed by atoms with E-state index in [9.17, 15) is 9.59 Å². The molecule has 3 rings (SSSR count). The largest absolute Gasteiger partial charge is 0.493 e.